The first-order chi connectivity index (χ1) is 13.5. The van der Waals surface area contributed by atoms with Gasteiger partial charge in [0.25, 0.3) is 11.5 Å². The Kier molecular flexibility index (Phi) is 5.84. The Morgan fingerprint density at radius 2 is 1.82 bits per heavy atom. The van der Waals surface area contributed by atoms with Crippen molar-refractivity contribution in [2.75, 3.05) is 0 Å². The topological polar surface area (TPSA) is 88.1 Å². The van der Waals surface area contributed by atoms with Gasteiger partial charge < -0.3 is 9.88 Å². The van der Waals surface area contributed by atoms with E-state index in [0.717, 1.165) is 10.1 Å². The summed E-state index contributed by atoms with van der Waals surface area (Å²) in [4.78, 5) is 46.4. The predicted molar refractivity (Wildman–Crippen MR) is 106 cm³/mol. The van der Waals surface area contributed by atoms with Crippen LogP contribution in [-0.2, 0) is 13.1 Å². The van der Waals surface area contributed by atoms with Crippen LogP contribution in [0.25, 0.3) is 0 Å². The molecule has 3 aromatic rings. The SMILES string of the molecule is CC(C)N(Cc1ccccc1)C(=O)c1c[nH]c(=O)n(Cc2ccccn2)c1=O. The standard InChI is InChI=1S/C21H22N4O3/c1-15(2)24(13-16-8-4-3-5-9-16)19(26)18-12-23-21(28)25(20(18)27)14-17-10-6-7-11-22-17/h3-12,15H,13-14H2,1-2H3,(H,23,28). The molecule has 1 N–H and O–H groups in total. The number of amides is 1. The van der Waals surface area contributed by atoms with Gasteiger partial charge in [-0.25, -0.2) is 4.79 Å². The van der Waals surface area contributed by atoms with Gasteiger partial charge >= 0.3 is 5.69 Å². The highest BCUT2D eigenvalue weighted by Crippen LogP contribution is 2.11. The van der Waals surface area contributed by atoms with Crippen molar-refractivity contribution in [3.8, 4) is 0 Å². The molecular weight excluding hydrogens is 356 g/mol. The zero-order valence-corrected chi connectivity index (χ0v) is 15.8. The summed E-state index contributed by atoms with van der Waals surface area (Å²) < 4.78 is 0.997. The molecule has 2 aromatic heterocycles. The lowest BCUT2D eigenvalue weighted by Gasteiger charge is -2.26. The highest BCUT2D eigenvalue weighted by Gasteiger charge is 2.23. The zero-order chi connectivity index (χ0) is 20.1. The van der Waals surface area contributed by atoms with Gasteiger partial charge in [0.15, 0.2) is 0 Å². The van der Waals surface area contributed by atoms with Crippen LogP contribution in [0.15, 0.2) is 70.5 Å². The van der Waals surface area contributed by atoms with Gasteiger partial charge in [0, 0.05) is 25.0 Å². The van der Waals surface area contributed by atoms with Crippen molar-refractivity contribution in [1.82, 2.24) is 19.4 Å². The third-order valence-electron chi connectivity index (χ3n) is 4.42. The lowest BCUT2D eigenvalue weighted by molar-refractivity contribution is 0.0687. The fourth-order valence-electron chi connectivity index (χ4n) is 2.89. The molecule has 7 heteroatoms. The van der Waals surface area contributed by atoms with Crippen LogP contribution in [0.1, 0.15) is 35.5 Å². The molecule has 28 heavy (non-hydrogen) atoms. The molecule has 144 valence electrons. The minimum Gasteiger partial charge on any atom is -0.332 e. The van der Waals surface area contributed by atoms with E-state index in [1.54, 1.807) is 29.3 Å². The summed E-state index contributed by atoms with van der Waals surface area (Å²) in [6.07, 6.45) is 2.78. The van der Waals surface area contributed by atoms with Gasteiger partial charge in [-0.2, -0.15) is 0 Å². The molecule has 1 amide bonds. The number of hydrogen-bond acceptors (Lipinski definition) is 4. The Morgan fingerprint density at radius 1 is 1.11 bits per heavy atom. The molecule has 0 fully saturated rings. The minimum atomic E-state index is -0.627. The minimum absolute atomic E-state index is 0.00348. The molecule has 0 radical (unpaired) electrons. The number of rotatable bonds is 6. The molecule has 2 heterocycles. The smallest absolute Gasteiger partial charge is 0.328 e. The van der Waals surface area contributed by atoms with Crippen molar-refractivity contribution in [2.24, 2.45) is 0 Å². The summed E-state index contributed by atoms with van der Waals surface area (Å²) in [7, 11) is 0. The second-order valence-corrected chi connectivity index (χ2v) is 6.73. The van der Waals surface area contributed by atoms with Crippen LogP contribution >= 0.6 is 0 Å². The Bertz CT molecular complexity index is 1060. The number of aromatic amines is 1. The first-order valence-corrected chi connectivity index (χ1v) is 9.04. The van der Waals surface area contributed by atoms with Crippen molar-refractivity contribution in [3.63, 3.8) is 0 Å². The van der Waals surface area contributed by atoms with Crippen molar-refractivity contribution < 1.29 is 4.79 Å². The van der Waals surface area contributed by atoms with E-state index in [4.69, 9.17) is 0 Å². The quantitative estimate of drug-likeness (QED) is 0.711. The van der Waals surface area contributed by atoms with Gasteiger partial charge in [-0.1, -0.05) is 36.4 Å². The molecular formula is C21H22N4O3. The number of H-pyrrole nitrogens is 1. The largest absolute Gasteiger partial charge is 0.332 e. The van der Waals surface area contributed by atoms with E-state index < -0.39 is 17.2 Å². The average Bonchev–Trinajstić information content (AvgIpc) is 2.70. The summed E-state index contributed by atoms with van der Waals surface area (Å²) in [6, 6.07) is 14.7. The van der Waals surface area contributed by atoms with E-state index in [-0.39, 0.29) is 18.2 Å². The molecule has 0 aliphatic carbocycles. The van der Waals surface area contributed by atoms with E-state index in [9.17, 15) is 14.4 Å². The van der Waals surface area contributed by atoms with Gasteiger partial charge in [0.2, 0.25) is 0 Å². The Labute approximate surface area is 162 Å². The third kappa shape index (κ3) is 4.25. The van der Waals surface area contributed by atoms with Gasteiger partial charge in [0.05, 0.1) is 12.2 Å². The Morgan fingerprint density at radius 3 is 2.46 bits per heavy atom. The normalized spacial score (nSPS) is 10.8. The number of nitrogens with zero attached hydrogens (tertiary/aromatic N) is 3. The zero-order valence-electron chi connectivity index (χ0n) is 15.8. The fraction of sp³-hybridized carbons (Fsp3) is 0.238. The van der Waals surface area contributed by atoms with Crippen LogP contribution in [0, 0.1) is 0 Å². The van der Waals surface area contributed by atoms with Crippen LogP contribution in [0.4, 0.5) is 0 Å². The van der Waals surface area contributed by atoms with Crippen molar-refractivity contribution in [1.29, 1.82) is 0 Å². The first kappa shape index (κ1) is 19.3. The number of aromatic nitrogens is 3. The first-order valence-electron chi connectivity index (χ1n) is 9.04. The highest BCUT2D eigenvalue weighted by molar-refractivity contribution is 5.93. The van der Waals surface area contributed by atoms with E-state index in [2.05, 4.69) is 9.97 Å². The molecule has 0 bridgehead atoms. The van der Waals surface area contributed by atoms with Gasteiger partial charge in [-0.15, -0.1) is 0 Å². The number of benzene rings is 1. The van der Waals surface area contributed by atoms with Crippen molar-refractivity contribution in [3.05, 3.63) is 98.6 Å². The molecule has 3 rings (SSSR count). The molecule has 0 saturated carbocycles. The van der Waals surface area contributed by atoms with Crippen LogP contribution in [0.3, 0.4) is 0 Å². The number of nitrogens with one attached hydrogen (secondary N) is 1. The maximum Gasteiger partial charge on any atom is 0.328 e. The molecule has 0 unspecified atom stereocenters. The number of hydrogen-bond donors (Lipinski definition) is 1. The van der Waals surface area contributed by atoms with Gasteiger partial charge in [-0.05, 0) is 31.5 Å². The summed E-state index contributed by atoms with van der Waals surface area (Å²) >= 11 is 0. The number of pyridine rings is 1. The van der Waals surface area contributed by atoms with Crippen LogP contribution < -0.4 is 11.2 Å². The van der Waals surface area contributed by atoms with Crippen LogP contribution in [0.5, 0.6) is 0 Å². The van der Waals surface area contributed by atoms with Crippen molar-refractivity contribution >= 4 is 5.91 Å². The predicted octanol–water partition coefficient (Wildman–Crippen LogP) is 2.03. The second kappa shape index (κ2) is 8.47. The maximum absolute atomic E-state index is 13.1. The van der Waals surface area contributed by atoms with E-state index in [0.29, 0.717) is 12.2 Å². The van der Waals surface area contributed by atoms with Crippen LogP contribution in [-0.4, -0.2) is 31.4 Å². The lowest BCUT2D eigenvalue weighted by atomic mass is 10.1. The molecule has 0 atom stereocenters. The number of carbonyl (C=O) groups excluding carboxylic acids is 1. The summed E-state index contributed by atoms with van der Waals surface area (Å²) in [6.45, 7) is 4.14. The Hall–Kier alpha value is -3.48. The third-order valence-corrected chi connectivity index (χ3v) is 4.42. The summed E-state index contributed by atoms with van der Waals surface area (Å²) in [5.74, 6) is -0.421. The van der Waals surface area contributed by atoms with E-state index >= 15 is 0 Å². The van der Waals surface area contributed by atoms with Crippen LogP contribution in [0.2, 0.25) is 0 Å². The molecule has 0 aliphatic rings. The fourth-order valence-corrected chi connectivity index (χ4v) is 2.89. The molecule has 0 spiro atoms. The highest BCUT2D eigenvalue weighted by atomic mass is 16.2. The molecule has 7 nitrogen and oxygen atoms in total. The number of carbonyl (C=O) groups is 1. The molecule has 0 aliphatic heterocycles. The Balaban J connectivity index is 1.95. The van der Waals surface area contributed by atoms with Gasteiger partial charge in [-0.3, -0.25) is 19.1 Å². The molecule has 0 saturated heterocycles. The summed E-state index contributed by atoms with van der Waals surface area (Å²) in [5, 5.41) is 0. The monoisotopic (exact) mass is 378 g/mol. The maximum atomic E-state index is 13.1. The molecule has 1 aromatic carbocycles. The second-order valence-electron chi connectivity index (χ2n) is 6.73. The van der Waals surface area contributed by atoms with E-state index in [1.165, 1.54) is 6.20 Å². The van der Waals surface area contributed by atoms with Crippen molar-refractivity contribution in [2.45, 2.75) is 33.0 Å². The average molecular weight is 378 g/mol. The lowest BCUT2D eigenvalue weighted by Crippen LogP contribution is -2.44. The van der Waals surface area contributed by atoms with Gasteiger partial charge in [0.1, 0.15) is 5.56 Å². The van der Waals surface area contributed by atoms with E-state index in [1.807, 2.05) is 44.2 Å². The summed E-state index contributed by atoms with van der Waals surface area (Å²) in [5.41, 5.74) is 0.247.